The summed E-state index contributed by atoms with van der Waals surface area (Å²) >= 11 is 0. The molecule has 1 fully saturated rings. The van der Waals surface area contributed by atoms with E-state index in [2.05, 4.69) is 0 Å². The number of hydrogen-bond donors (Lipinski definition) is 0. The van der Waals surface area contributed by atoms with Crippen LogP contribution in [0.25, 0.3) is 0 Å². The molecule has 3 aliphatic rings. The minimum Gasteiger partial charge on any atom is -0.495 e. The molecule has 1 saturated heterocycles. The molecule has 0 N–H and O–H groups in total. The SMILES string of the molecule is COCCN1C(=O)C2C(N=C3N(c4ccccc4OC)C(C)=C(C)N32)N(C)C1=O. The number of anilines is 1. The summed E-state index contributed by atoms with van der Waals surface area (Å²) in [6, 6.07) is 6.71. The van der Waals surface area contributed by atoms with Crippen molar-refractivity contribution in [3.63, 3.8) is 0 Å². The van der Waals surface area contributed by atoms with Gasteiger partial charge in [-0.1, -0.05) is 12.1 Å². The molecule has 3 aliphatic heterocycles. The number of imide groups is 1. The van der Waals surface area contributed by atoms with Crippen molar-refractivity contribution in [2.24, 2.45) is 4.99 Å². The number of carbonyl (C=O) groups is 2. The fourth-order valence-corrected chi connectivity index (χ4v) is 4.10. The number of urea groups is 1. The van der Waals surface area contributed by atoms with Crippen molar-refractivity contribution in [2.45, 2.75) is 26.1 Å². The van der Waals surface area contributed by atoms with Crippen LogP contribution in [0.5, 0.6) is 5.75 Å². The number of rotatable bonds is 5. The molecule has 0 aliphatic carbocycles. The van der Waals surface area contributed by atoms with Crippen molar-refractivity contribution < 1.29 is 19.1 Å². The molecular formula is C20H25N5O4. The Bertz CT molecular complexity index is 927. The third-order valence-corrected chi connectivity index (χ3v) is 5.74. The summed E-state index contributed by atoms with van der Waals surface area (Å²) in [5.41, 5.74) is 2.72. The number of fused-ring (bicyclic) bond motifs is 3. The van der Waals surface area contributed by atoms with Crippen LogP contribution in [0.4, 0.5) is 10.5 Å². The summed E-state index contributed by atoms with van der Waals surface area (Å²) in [4.78, 5) is 37.5. The summed E-state index contributed by atoms with van der Waals surface area (Å²) in [5.74, 6) is 1.07. The number of amides is 3. The highest BCUT2D eigenvalue weighted by Gasteiger charge is 2.56. The van der Waals surface area contributed by atoms with Gasteiger partial charge in [0.2, 0.25) is 5.96 Å². The number of hydrogen-bond acceptors (Lipinski definition) is 7. The van der Waals surface area contributed by atoms with Gasteiger partial charge in [0.25, 0.3) is 5.91 Å². The molecule has 0 spiro atoms. The van der Waals surface area contributed by atoms with E-state index in [-0.39, 0.29) is 25.1 Å². The van der Waals surface area contributed by atoms with Crippen molar-refractivity contribution >= 4 is 23.6 Å². The molecule has 4 rings (SSSR count). The van der Waals surface area contributed by atoms with E-state index in [9.17, 15) is 9.59 Å². The van der Waals surface area contributed by atoms with Gasteiger partial charge in [-0.3, -0.25) is 19.5 Å². The zero-order valence-electron chi connectivity index (χ0n) is 17.2. The first-order valence-corrected chi connectivity index (χ1v) is 9.47. The van der Waals surface area contributed by atoms with Crippen LogP contribution in [-0.4, -0.2) is 79.2 Å². The van der Waals surface area contributed by atoms with Gasteiger partial charge in [0.15, 0.2) is 12.2 Å². The number of ether oxygens (including phenoxy) is 2. The smallest absolute Gasteiger partial charge is 0.328 e. The minimum absolute atomic E-state index is 0.211. The molecule has 0 bridgehead atoms. The van der Waals surface area contributed by atoms with Gasteiger partial charge in [-0.05, 0) is 26.0 Å². The maximum atomic E-state index is 13.3. The summed E-state index contributed by atoms with van der Waals surface area (Å²) in [6.45, 7) is 4.45. The van der Waals surface area contributed by atoms with Gasteiger partial charge < -0.3 is 14.4 Å². The lowest BCUT2D eigenvalue weighted by atomic mass is 10.1. The van der Waals surface area contributed by atoms with Crippen LogP contribution < -0.4 is 9.64 Å². The number of guanidine groups is 1. The average molecular weight is 399 g/mol. The zero-order chi connectivity index (χ0) is 20.9. The number of methoxy groups -OCH3 is 2. The Kier molecular flexibility index (Phi) is 4.70. The molecule has 0 radical (unpaired) electrons. The van der Waals surface area contributed by atoms with E-state index >= 15 is 0 Å². The number of benzene rings is 1. The highest BCUT2D eigenvalue weighted by atomic mass is 16.5. The quantitative estimate of drug-likeness (QED) is 0.750. The first-order chi connectivity index (χ1) is 13.9. The highest BCUT2D eigenvalue weighted by Crippen LogP contribution is 2.42. The normalized spacial score (nSPS) is 23.7. The van der Waals surface area contributed by atoms with Crippen LogP contribution in [0.1, 0.15) is 13.8 Å². The minimum atomic E-state index is -0.598. The Morgan fingerprint density at radius 3 is 2.52 bits per heavy atom. The van der Waals surface area contributed by atoms with E-state index in [0.717, 1.165) is 17.1 Å². The summed E-state index contributed by atoms with van der Waals surface area (Å²) in [7, 11) is 4.85. The van der Waals surface area contributed by atoms with Gasteiger partial charge in [-0.2, -0.15) is 0 Å². The Morgan fingerprint density at radius 2 is 1.83 bits per heavy atom. The van der Waals surface area contributed by atoms with E-state index < -0.39 is 12.2 Å². The molecule has 9 heteroatoms. The third-order valence-electron chi connectivity index (χ3n) is 5.74. The van der Waals surface area contributed by atoms with Gasteiger partial charge in [0.1, 0.15) is 5.75 Å². The molecule has 154 valence electrons. The van der Waals surface area contributed by atoms with Crippen molar-refractivity contribution in [1.29, 1.82) is 0 Å². The average Bonchev–Trinajstić information content (AvgIpc) is 3.22. The summed E-state index contributed by atoms with van der Waals surface area (Å²) in [5, 5.41) is 0. The second kappa shape index (κ2) is 7.07. The topological polar surface area (TPSA) is 77.9 Å². The molecule has 1 aromatic carbocycles. The third kappa shape index (κ3) is 2.68. The van der Waals surface area contributed by atoms with Crippen molar-refractivity contribution in [3.05, 3.63) is 35.7 Å². The number of para-hydroxylation sites is 2. The van der Waals surface area contributed by atoms with E-state index in [1.54, 1.807) is 21.3 Å². The molecule has 3 heterocycles. The van der Waals surface area contributed by atoms with Crippen LogP contribution in [0, 0.1) is 0 Å². The van der Waals surface area contributed by atoms with Crippen molar-refractivity contribution in [3.8, 4) is 5.75 Å². The molecule has 9 nitrogen and oxygen atoms in total. The van der Waals surface area contributed by atoms with Gasteiger partial charge in [-0.25, -0.2) is 9.79 Å². The van der Waals surface area contributed by atoms with Crippen molar-refractivity contribution in [1.82, 2.24) is 14.7 Å². The van der Waals surface area contributed by atoms with Gasteiger partial charge >= 0.3 is 6.03 Å². The number of likely N-dealkylation sites (N-methyl/N-ethyl adjacent to an activating group) is 1. The first-order valence-electron chi connectivity index (χ1n) is 9.47. The van der Waals surface area contributed by atoms with Gasteiger partial charge in [0, 0.05) is 25.6 Å². The lowest BCUT2D eigenvalue weighted by molar-refractivity contribution is -0.137. The molecule has 1 aromatic rings. The number of nitrogens with zero attached hydrogens (tertiary/aromatic N) is 5. The van der Waals surface area contributed by atoms with E-state index in [4.69, 9.17) is 14.5 Å². The van der Waals surface area contributed by atoms with E-state index in [1.165, 1.54) is 9.80 Å². The Labute approximate surface area is 169 Å². The predicted octanol–water partition coefficient (Wildman–Crippen LogP) is 1.67. The van der Waals surface area contributed by atoms with Gasteiger partial charge in [-0.15, -0.1) is 0 Å². The predicted molar refractivity (Wildman–Crippen MR) is 107 cm³/mol. The molecular weight excluding hydrogens is 374 g/mol. The number of allylic oxidation sites excluding steroid dienone is 2. The highest BCUT2D eigenvalue weighted by molar-refractivity contribution is 6.11. The van der Waals surface area contributed by atoms with Gasteiger partial charge in [0.05, 0.1) is 25.9 Å². The molecule has 3 amide bonds. The second-order valence-corrected chi connectivity index (χ2v) is 7.21. The van der Waals surface area contributed by atoms with E-state index in [0.29, 0.717) is 11.7 Å². The lowest BCUT2D eigenvalue weighted by Gasteiger charge is -2.40. The first kappa shape index (κ1) is 19.3. The molecule has 29 heavy (non-hydrogen) atoms. The standard InChI is InChI=1S/C20H25N5O4/c1-12-13(2)25-16-17(22(3)20(27)23(18(16)26)10-11-28-4)21-19(25)24(12)14-8-6-7-9-15(14)29-5/h6-9,16-17H,10-11H2,1-5H3. The maximum Gasteiger partial charge on any atom is 0.328 e. The maximum absolute atomic E-state index is 13.3. The van der Waals surface area contributed by atoms with Crippen LogP contribution in [0.15, 0.2) is 40.7 Å². The lowest BCUT2D eigenvalue weighted by Crippen LogP contribution is -2.65. The summed E-state index contributed by atoms with van der Waals surface area (Å²) < 4.78 is 10.6. The Balaban J connectivity index is 1.76. The largest absolute Gasteiger partial charge is 0.495 e. The van der Waals surface area contributed by atoms with Crippen LogP contribution in [0.2, 0.25) is 0 Å². The molecule has 2 atom stereocenters. The molecule has 2 unspecified atom stereocenters. The molecule has 0 aromatic heterocycles. The Hall–Kier alpha value is -3.07. The number of aliphatic imine (C=N–C) groups is 1. The zero-order valence-corrected chi connectivity index (χ0v) is 17.2. The van der Waals surface area contributed by atoms with Crippen LogP contribution >= 0.6 is 0 Å². The fraction of sp³-hybridized carbons (Fsp3) is 0.450. The molecule has 0 saturated carbocycles. The monoisotopic (exact) mass is 399 g/mol. The van der Waals surface area contributed by atoms with Crippen LogP contribution in [-0.2, 0) is 9.53 Å². The summed E-state index contributed by atoms with van der Waals surface area (Å²) in [6.07, 6.45) is -0.580. The van der Waals surface area contributed by atoms with Crippen LogP contribution in [0.3, 0.4) is 0 Å². The van der Waals surface area contributed by atoms with Crippen molar-refractivity contribution in [2.75, 3.05) is 39.3 Å². The number of carbonyl (C=O) groups excluding carboxylic acids is 2. The van der Waals surface area contributed by atoms with E-state index in [1.807, 2.05) is 47.9 Å². The fourth-order valence-electron chi connectivity index (χ4n) is 4.10. The Morgan fingerprint density at radius 1 is 1.10 bits per heavy atom. The second-order valence-electron chi connectivity index (χ2n) is 7.21.